The smallest absolute Gasteiger partial charge is 0.163 e. The predicted molar refractivity (Wildman–Crippen MR) is 123 cm³/mol. The molecule has 0 saturated heterocycles. The average Bonchev–Trinajstić information content (AvgIpc) is 3.21. The number of aromatic nitrogens is 1. The van der Waals surface area contributed by atoms with E-state index in [2.05, 4.69) is 24.9 Å². The summed E-state index contributed by atoms with van der Waals surface area (Å²) < 4.78 is 11.9. The van der Waals surface area contributed by atoms with Gasteiger partial charge in [-0.25, -0.2) is 0 Å². The molecule has 0 amide bonds. The Hall–Kier alpha value is -3.78. The van der Waals surface area contributed by atoms with Crippen LogP contribution >= 0.6 is 0 Å². The van der Waals surface area contributed by atoms with E-state index >= 15 is 0 Å². The number of nitrogens with zero attached hydrogens (tertiary/aromatic N) is 1. The zero-order chi connectivity index (χ0) is 22.5. The van der Waals surface area contributed by atoms with E-state index in [0.29, 0.717) is 41.3 Å². The van der Waals surface area contributed by atoms with Crippen LogP contribution in [0, 0.1) is 16.7 Å². The van der Waals surface area contributed by atoms with Gasteiger partial charge in [0.05, 0.1) is 24.7 Å². The summed E-state index contributed by atoms with van der Waals surface area (Å²) in [6.07, 6.45) is 2.94. The normalized spacial score (nSPS) is 20.1. The van der Waals surface area contributed by atoms with Crippen molar-refractivity contribution in [3.8, 4) is 11.8 Å². The monoisotopic (exact) mass is 424 g/mol. The number of H-pyrrole nitrogens is 1. The summed E-state index contributed by atoms with van der Waals surface area (Å²) >= 11 is 0. The van der Waals surface area contributed by atoms with Crippen molar-refractivity contribution < 1.29 is 14.3 Å². The van der Waals surface area contributed by atoms with Crippen LogP contribution in [0.15, 0.2) is 71.6 Å². The summed E-state index contributed by atoms with van der Waals surface area (Å²) in [5.74, 6) is 1.41. The topological polar surface area (TPSA) is 75.1 Å². The molecule has 0 radical (unpaired) electrons. The summed E-state index contributed by atoms with van der Waals surface area (Å²) in [6.45, 7) is 4.15. The molecule has 1 atom stereocenters. The molecule has 2 heterocycles. The number of carbonyl (C=O) groups is 1. The third kappa shape index (κ3) is 3.20. The lowest BCUT2D eigenvalue weighted by molar-refractivity contribution is -0.118. The van der Waals surface area contributed by atoms with Crippen molar-refractivity contribution in [2.24, 2.45) is 5.41 Å². The lowest BCUT2D eigenvalue weighted by atomic mass is 9.69. The molecule has 0 fully saturated rings. The molecule has 0 bridgehead atoms. The first-order valence-electron chi connectivity index (χ1n) is 10.7. The lowest BCUT2D eigenvalue weighted by Crippen LogP contribution is -2.32. The fourth-order valence-corrected chi connectivity index (χ4v) is 4.87. The van der Waals surface area contributed by atoms with Crippen LogP contribution in [0.3, 0.4) is 0 Å². The maximum Gasteiger partial charge on any atom is 0.163 e. The number of allylic oxidation sites excluding steroid dienone is 3. The first-order valence-corrected chi connectivity index (χ1v) is 10.7. The van der Waals surface area contributed by atoms with E-state index in [0.717, 1.165) is 22.0 Å². The van der Waals surface area contributed by atoms with Gasteiger partial charge in [-0.05, 0) is 29.2 Å². The lowest BCUT2D eigenvalue weighted by Gasteiger charge is -2.38. The minimum absolute atomic E-state index is 0.0368. The van der Waals surface area contributed by atoms with Crippen molar-refractivity contribution in [2.75, 3.05) is 7.11 Å². The van der Waals surface area contributed by atoms with Crippen LogP contribution in [0.2, 0.25) is 0 Å². The second kappa shape index (κ2) is 7.42. The Balaban J connectivity index is 1.77. The van der Waals surface area contributed by atoms with Crippen molar-refractivity contribution in [3.63, 3.8) is 0 Å². The standard InChI is InChI=1S/C27H24N2O3/c1-27(2)12-22(30)25-23(13-27)32-26(20-15-29-21-10-5-4-9-18(20)21)19(14-28)24(25)16-7-6-8-17(11-16)31-3/h4-11,15,24,29H,12-13H2,1-3H3. The van der Waals surface area contributed by atoms with E-state index in [-0.39, 0.29) is 11.2 Å². The van der Waals surface area contributed by atoms with Gasteiger partial charge in [0, 0.05) is 41.1 Å². The second-order valence-corrected chi connectivity index (χ2v) is 9.19. The molecule has 1 aliphatic heterocycles. The maximum atomic E-state index is 13.3. The highest BCUT2D eigenvalue weighted by atomic mass is 16.5. The Morgan fingerprint density at radius 2 is 1.97 bits per heavy atom. The second-order valence-electron chi connectivity index (χ2n) is 9.19. The molecular weight excluding hydrogens is 400 g/mol. The number of hydrogen-bond donors (Lipinski definition) is 1. The Morgan fingerprint density at radius 1 is 1.16 bits per heavy atom. The van der Waals surface area contributed by atoms with Crippen LogP contribution in [0.25, 0.3) is 16.7 Å². The number of nitrogens with one attached hydrogen (secondary N) is 1. The van der Waals surface area contributed by atoms with Gasteiger partial charge in [0.15, 0.2) is 11.5 Å². The molecule has 3 aromatic rings. The van der Waals surface area contributed by atoms with Crippen molar-refractivity contribution in [1.82, 2.24) is 4.98 Å². The number of nitriles is 1. The number of hydrogen-bond acceptors (Lipinski definition) is 4. The van der Waals surface area contributed by atoms with Gasteiger partial charge < -0.3 is 14.5 Å². The van der Waals surface area contributed by atoms with E-state index in [1.165, 1.54) is 0 Å². The van der Waals surface area contributed by atoms with Gasteiger partial charge >= 0.3 is 0 Å². The average molecular weight is 425 g/mol. The fraction of sp³-hybridized carbons (Fsp3) is 0.259. The van der Waals surface area contributed by atoms with Crippen molar-refractivity contribution >= 4 is 22.4 Å². The summed E-state index contributed by atoms with van der Waals surface area (Å²) in [4.78, 5) is 16.6. The molecule has 5 nitrogen and oxygen atoms in total. The van der Waals surface area contributed by atoms with Crippen LogP contribution in [0.5, 0.6) is 5.75 Å². The molecule has 0 saturated carbocycles. The van der Waals surface area contributed by atoms with Crippen LogP contribution in [-0.4, -0.2) is 17.9 Å². The highest BCUT2D eigenvalue weighted by molar-refractivity contribution is 6.02. The molecular formula is C27H24N2O3. The number of methoxy groups -OCH3 is 1. The molecule has 1 N–H and O–H groups in total. The first kappa shape index (κ1) is 20.1. The Morgan fingerprint density at radius 3 is 2.75 bits per heavy atom. The number of para-hydroxylation sites is 1. The zero-order valence-electron chi connectivity index (χ0n) is 18.4. The third-order valence-corrected chi connectivity index (χ3v) is 6.31. The highest BCUT2D eigenvalue weighted by Crippen LogP contribution is 2.51. The Labute approximate surface area is 187 Å². The van der Waals surface area contributed by atoms with Gasteiger partial charge in [0.2, 0.25) is 0 Å². The number of carbonyl (C=O) groups excluding carboxylic acids is 1. The maximum absolute atomic E-state index is 13.3. The minimum atomic E-state index is -0.494. The van der Waals surface area contributed by atoms with Gasteiger partial charge in [-0.2, -0.15) is 5.26 Å². The minimum Gasteiger partial charge on any atom is -0.497 e. The highest BCUT2D eigenvalue weighted by Gasteiger charge is 2.43. The third-order valence-electron chi connectivity index (χ3n) is 6.31. The number of aromatic amines is 1. The van der Waals surface area contributed by atoms with E-state index in [4.69, 9.17) is 9.47 Å². The van der Waals surface area contributed by atoms with E-state index in [9.17, 15) is 10.1 Å². The van der Waals surface area contributed by atoms with E-state index < -0.39 is 5.92 Å². The number of ether oxygens (including phenoxy) is 2. The largest absolute Gasteiger partial charge is 0.497 e. The molecule has 1 aliphatic carbocycles. The first-order chi connectivity index (χ1) is 15.4. The van der Waals surface area contributed by atoms with Crippen LogP contribution in [0.1, 0.15) is 43.7 Å². The summed E-state index contributed by atoms with van der Waals surface area (Å²) in [7, 11) is 1.61. The van der Waals surface area contributed by atoms with Crippen LogP contribution in [-0.2, 0) is 9.53 Å². The van der Waals surface area contributed by atoms with Gasteiger partial charge in [-0.1, -0.05) is 44.2 Å². The van der Waals surface area contributed by atoms with Crippen molar-refractivity contribution in [2.45, 2.75) is 32.6 Å². The summed E-state index contributed by atoms with van der Waals surface area (Å²) in [6, 6.07) is 17.9. The zero-order valence-corrected chi connectivity index (χ0v) is 18.4. The molecule has 0 spiro atoms. The van der Waals surface area contributed by atoms with Gasteiger partial charge in [-0.3, -0.25) is 4.79 Å². The quantitative estimate of drug-likeness (QED) is 0.571. The molecule has 160 valence electrons. The fourth-order valence-electron chi connectivity index (χ4n) is 4.87. The number of Topliss-reactive ketones (excluding diaryl/α,β-unsaturated/α-hetero) is 1. The molecule has 5 heteroatoms. The van der Waals surface area contributed by atoms with E-state index in [1.54, 1.807) is 7.11 Å². The SMILES string of the molecule is COc1cccc(C2C(C#N)=C(c3c[nH]c4ccccc34)OC3=C2C(=O)CC(C)(C)C3)c1. The number of rotatable bonds is 3. The van der Waals surface area contributed by atoms with Crippen molar-refractivity contribution in [1.29, 1.82) is 5.26 Å². The molecule has 2 aromatic carbocycles. The van der Waals surface area contributed by atoms with Gasteiger partial charge in [-0.15, -0.1) is 0 Å². The summed E-state index contributed by atoms with van der Waals surface area (Å²) in [5, 5.41) is 11.3. The van der Waals surface area contributed by atoms with Crippen molar-refractivity contribution in [3.05, 3.63) is 82.8 Å². The Kier molecular flexibility index (Phi) is 4.67. The van der Waals surface area contributed by atoms with Crippen LogP contribution in [0.4, 0.5) is 0 Å². The van der Waals surface area contributed by atoms with Crippen LogP contribution < -0.4 is 4.74 Å². The van der Waals surface area contributed by atoms with Gasteiger partial charge in [0.25, 0.3) is 0 Å². The number of ketones is 1. The molecule has 1 aromatic heterocycles. The summed E-state index contributed by atoms with van der Waals surface area (Å²) in [5.41, 5.74) is 3.47. The van der Waals surface area contributed by atoms with E-state index in [1.807, 2.05) is 54.7 Å². The Bertz CT molecular complexity index is 1350. The molecule has 2 aliphatic rings. The molecule has 5 rings (SSSR count). The number of fused-ring (bicyclic) bond motifs is 1. The van der Waals surface area contributed by atoms with Gasteiger partial charge in [0.1, 0.15) is 11.5 Å². The molecule has 32 heavy (non-hydrogen) atoms. The number of benzene rings is 2. The molecule has 1 unspecified atom stereocenters. The predicted octanol–water partition coefficient (Wildman–Crippen LogP) is 5.87.